The van der Waals surface area contributed by atoms with E-state index in [-0.39, 0.29) is 0 Å². The molecule has 1 heteroatoms. The van der Waals surface area contributed by atoms with Crippen LogP contribution in [-0.2, 0) is 0 Å². The van der Waals surface area contributed by atoms with Crippen LogP contribution in [0.25, 0.3) is 0 Å². The first kappa shape index (κ1) is 13.1. The van der Waals surface area contributed by atoms with Crippen LogP contribution in [0.15, 0.2) is 47.6 Å². The Morgan fingerprint density at radius 2 is 2.06 bits per heavy atom. The predicted molar refractivity (Wildman–Crippen MR) is 79.1 cm³/mol. The van der Waals surface area contributed by atoms with Crippen LogP contribution >= 0.6 is 0 Å². The van der Waals surface area contributed by atoms with Crippen LogP contribution in [-0.4, -0.2) is 6.21 Å². The minimum Gasteiger partial charge on any atom is -0.269 e. The molecule has 1 aliphatic heterocycles. The maximum absolute atomic E-state index is 4.14. The van der Waals surface area contributed by atoms with Crippen molar-refractivity contribution < 1.29 is 0 Å². The van der Waals surface area contributed by atoms with Gasteiger partial charge in [0.05, 0.1) is 0 Å². The summed E-state index contributed by atoms with van der Waals surface area (Å²) in [6.07, 6.45) is 12.5. The van der Waals surface area contributed by atoms with E-state index in [0.29, 0.717) is 5.92 Å². The van der Waals surface area contributed by atoms with Crippen molar-refractivity contribution in [3.05, 3.63) is 48.2 Å². The Kier molecular flexibility index (Phi) is 5.19. The van der Waals surface area contributed by atoms with E-state index < -0.39 is 0 Å². The molecule has 1 aromatic rings. The molecule has 0 saturated carbocycles. The molecule has 96 valence electrons. The lowest BCUT2D eigenvalue weighted by Gasteiger charge is -2.19. The molecule has 0 amide bonds. The second kappa shape index (κ2) is 7.15. The quantitative estimate of drug-likeness (QED) is 0.668. The van der Waals surface area contributed by atoms with E-state index in [1.165, 1.54) is 31.2 Å². The summed E-state index contributed by atoms with van der Waals surface area (Å²) < 4.78 is 0. The standard InChI is InChI=1S/C17H23N/c1-2-6-16(17-7-4-3-5-8-17)10-9-15-11-13-18-14-12-15/h3-5,7-8,11,13-16H,2,6,9-10,12H2,1H3. The third kappa shape index (κ3) is 3.83. The number of benzene rings is 1. The highest BCUT2D eigenvalue weighted by Crippen LogP contribution is 2.29. The number of hydrogen-bond donors (Lipinski definition) is 0. The molecule has 0 saturated heterocycles. The van der Waals surface area contributed by atoms with Crippen molar-refractivity contribution in [1.29, 1.82) is 0 Å². The van der Waals surface area contributed by atoms with Crippen molar-refractivity contribution in [1.82, 2.24) is 0 Å². The van der Waals surface area contributed by atoms with Gasteiger partial charge >= 0.3 is 0 Å². The van der Waals surface area contributed by atoms with Crippen LogP contribution in [0.1, 0.15) is 50.5 Å². The molecule has 0 N–H and O–H groups in total. The molecule has 1 nitrogen and oxygen atoms in total. The van der Waals surface area contributed by atoms with Gasteiger partial charge in [-0.1, -0.05) is 49.8 Å². The smallest absolute Gasteiger partial charge is 0.0226 e. The van der Waals surface area contributed by atoms with Gasteiger partial charge in [0, 0.05) is 12.4 Å². The fourth-order valence-electron chi connectivity index (χ4n) is 2.69. The third-order valence-electron chi connectivity index (χ3n) is 3.75. The first-order chi connectivity index (χ1) is 8.90. The summed E-state index contributed by atoms with van der Waals surface area (Å²) >= 11 is 0. The van der Waals surface area contributed by atoms with Crippen LogP contribution in [0.2, 0.25) is 0 Å². The van der Waals surface area contributed by atoms with Crippen molar-refractivity contribution >= 4 is 6.21 Å². The molecule has 1 heterocycles. The predicted octanol–water partition coefficient (Wildman–Crippen LogP) is 4.95. The molecule has 0 bridgehead atoms. The monoisotopic (exact) mass is 241 g/mol. The number of hydrogen-bond acceptors (Lipinski definition) is 1. The second-order valence-corrected chi connectivity index (χ2v) is 5.14. The highest BCUT2D eigenvalue weighted by molar-refractivity contribution is 5.60. The topological polar surface area (TPSA) is 12.4 Å². The minimum atomic E-state index is 0.700. The van der Waals surface area contributed by atoms with Crippen molar-refractivity contribution in [3.8, 4) is 0 Å². The Bertz CT molecular complexity index is 391. The Morgan fingerprint density at radius 1 is 1.22 bits per heavy atom. The van der Waals surface area contributed by atoms with Gasteiger partial charge in [-0.3, -0.25) is 4.99 Å². The Hall–Kier alpha value is -1.37. The minimum absolute atomic E-state index is 0.700. The number of rotatable bonds is 6. The fraction of sp³-hybridized carbons (Fsp3) is 0.471. The van der Waals surface area contributed by atoms with E-state index in [2.05, 4.69) is 48.3 Å². The molecule has 1 aliphatic rings. The summed E-state index contributed by atoms with van der Waals surface area (Å²) in [6.45, 7) is 2.28. The second-order valence-electron chi connectivity index (χ2n) is 5.14. The van der Waals surface area contributed by atoms with E-state index in [0.717, 1.165) is 12.3 Å². The molecule has 0 aliphatic carbocycles. The molecular formula is C17H23N. The molecule has 2 unspecified atom stereocenters. The summed E-state index contributed by atoms with van der Waals surface area (Å²) in [6, 6.07) is 11.0. The van der Waals surface area contributed by atoms with E-state index >= 15 is 0 Å². The van der Waals surface area contributed by atoms with Crippen molar-refractivity contribution in [2.24, 2.45) is 10.9 Å². The number of allylic oxidation sites excluding steroid dienone is 1. The summed E-state index contributed by atoms with van der Waals surface area (Å²) in [5.74, 6) is 1.43. The van der Waals surface area contributed by atoms with E-state index in [4.69, 9.17) is 0 Å². The number of nitrogens with zero attached hydrogens (tertiary/aromatic N) is 1. The lowest BCUT2D eigenvalue weighted by atomic mass is 9.86. The van der Waals surface area contributed by atoms with Gasteiger partial charge in [-0.2, -0.15) is 0 Å². The van der Waals surface area contributed by atoms with E-state index in [9.17, 15) is 0 Å². The van der Waals surface area contributed by atoms with Gasteiger partial charge in [0.2, 0.25) is 0 Å². The molecule has 2 rings (SSSR count). The first-order valence-corrected chi connectivity index (χ1v) is 7.13. The summed E-state index contributed by atoms with van der Waals surface area (Å²) in [4.78, 5) is 4.14. The molecule has 1 aromatic carbocycles. The van der Waals surface area contributed by atoms with Crippen molar-refractivity contribution in [2.45, 2.75) is 44.9 Å². The van der Waals surface area contributed by atoms with Crippen molar-refractivity contribution in [3.63, 3.8) is 0 Å². The average molecular weight is 241 g/mol. The molecule has 0 aromatic heterocycles. The average Bonchev–Trinajstić information content (AvgIpc) is 2.45. The zero-order valence-corrected chi connectivity index (χ0v) is 11.3. The Balaban J connectivity index is 1.90. The molecular weight excluding hydrogens is 218 g/mol. The van der Waals surface area contributed by atoms with Crippen LogP contribution in [0.5, 0.6) is 0 Å². The molecule has 0 radical (unpaired) electrons. The third-order valence-corrected chi connectivity index (χ3v) is 3.75. The Labute approximate surface area is 111 Å². The van der Waals surface area contributed by atoms with Gasteiger partial charge in [-0.25, -0.2) is 0 Å². The molecule has 18 heavy (non-hydrogen) atoms. The Morgan fingerprint density at radius 3 is 2.72 bits per heavy atom. The molecule has 2 atom stereocenters. The summed E-state index contributed by atoms with van der Waals surface area (Å²) in [5.41, 5.74) is 1.51. The first-order valence-electron chi connectivity index (χ1n) is 7.13. The van der Waals surface area contributed by atoms with Gasteiger partial charge in [0.1, 0.15) is 0 Å². The summed E-state index contributed by atoms with van der Waals surface area (Å²) in [5, 5.41) is 0. The zero-order chi connectivity index (χ0) is 12.6. The fourth-order valence-corrected chi connectivity index (χ4v) is 2.69. The molecule has 0 spiro atoms. The van der Waals surface area contributed by atoms with Gasteiger partial charge < -0.3 is 0 Å². The van der Waals surface area contributed by atoms with E-state index in [1.54, 1.807) is 0 Å². The van der Waals surface area contributed by atoms with Crippen LogP contribution in [0.4, 0.5) is 0 Å². The van der Waals surface area contributed by atoms with E-state index in [1.807, 2.05) is 12.4 Å². The maximum Gasteiger partial charge on any atom is 0.0226 e. The zero-order valence-electron chi connectivity index (χ0n) is 11.3. The number of aliphatic imine (C=N–C) groups is 1. The van der Waals surface area contributed by atoms with Gasteiger partial charge in [-0.05, 0) is 43.1 Å². The van der Waals surface area contributed by atoms with Crippen LogP contribution in [0, 0.1) is 5.92 Å². The molecule has 0 fully saturated rings. The van der Waals surface area contributed by atoms with Crippen LogP contribution in [0.3, 0.4) is 0 Å². The van der Waals surface area contributed by atoms with Gasteiger partial charge in [0.25, 0.3) is 0 Å². The largest absolute Gasteiger partial charge is 0.269 e. The van der Waals surface area contributed by atoms with Crippen LogP contribution < -0.4 is 0 Å². The maximum atomic E-state index is 4.14. The highest BCUT2D eigenvalue weighted by atomic mass is 14.7. The summed E-state index contributed by atoms with van der Waals surface area (Å²) in [7, 11) is 0. The van der Waals surface area contributed by atoms with Gasteiger partial charge in [-0.15, -0.1) is 0 Å². The SMILES string of the molecule is CCCC(CCC1C=CN=CC1)c1ccccc1. The lowest BCUT2D eigenvalue weighted by Crippen LogP contribution is -2.05. The van der Waals surface area contributed by atoms with Crippen molar-refractivity contribution in [2.75, 3.05) is 0 Å². The van der Waals surface area contributed by atoms with Gasteiger partial charge in [0.15, 0.2) is 0 Å². The lowest BCUT2D eigenvalue weighted by molar-refractivity contribution is 0.490. The normalized spacial score (nSPS) is 19.9. The highest BCUT2D eigenvalue weighted by Gasteiger charge is 2.13.